The number of aromatic amines is 1. The number of nitrogens with zero attached hydrogens (tertiary/aromatic N) is 1. The molecule has 3 aromatic rings. The summed E-state index contributed by atoms with van der Waals surface area (Å²) in [6.45, 7) is 1.97. The molecule has 0 saturated heterocycles. The topological polar surface area (TPSA) is 20.7 Å². The Morgan fingerprint density at radius 1 is 1.05 bits per heavy atom. The van der Waals surface area contributed by atoms with E-state index in [9.17, 15) is 8.78 Å². The van der Waals surface area contributed by atoms with Crippen molar-refractivity contribution in [2.24, 2.45) is 0 Å². The zero-order valence-electron chi connectivity index (χ0n) is 10.7. The molecular weight excluding hydrogens is 278 g/mol. The number of hydrogen-bond donors (Lipinski definition) is 1. The second-order valence-corrected chi connectivity index (χ2v) is 5.08. The maximum absolute atomic E-state index is 13.2. The molecule has 2 nitrogen and oxygen atoms in total. The maximum Gasteiger partial charge on any atom is 0.178 e. The second kappa shape index (κ2) is 4.83. The average Bonchev–Trinajstić information content (AvgIpc) is 2.73. The van der Waals surface area contributed by atoms with Crippen LogP contribution in [-0.4, -0.2) is 9.55 Å². The summed E-state index contributed by atoms with van der Waals surface area (Å²) in [4.78, 5) is 2.99. The number of fused-ring (bicyclic) bond motifs is 1. The molecule has 5 heteroatoms. The van der Waals surface area contributed by atoms with Crippen LogP contribution in [-0.2, 0) is 0 Å². The number of nitrogens with one attached hydrogen (secondary N) is 1. The van der Waals surface area contributed by atoms with Crippen molar-refractivity contribution < 1.29 is 8.78 Å². The standard InChI is InChI=1S/C15H12F2N2S/c1-9(10-2-4-11(16)5-3-10)19-14-7-6-12(17)8-13(14)18-15(19)20/h2-9H,1H3,(H,18,20). The summed E-state index contributed by atoms with van der Waals surface area (Å²) in [6.07, 6.45) is 0. The van der Waals surface area contributed by atoms with Crippen LogP contribution in [0.2, 0.25) is 0 Å². The Bertz CT molecular complexity index is 818. The lowest BCUT2D eigenvalue weighted by molar-refractivity contribution is 0.617. The summed E-state index contributed by atoms with van der Waals surface area (Å²) in [7, 11) is 0. The molecule has 102 valence electrons. The van der Waals surface area contributed by atoms with Crippen LogP contribution in [0.15, 0.2) is 42.5 Å². The molecule has 0 spiro atoms. The van der Waals surface area contributed by atoms with Gasteiger partial charge in [0.1, 0.15) is 11.6 Å². The van der Waals surface area contributed by atoms with Gasteiger partial charge in [-0.3, -0.25) is 0 Å². The third-order valence-electron chi connectivity index (χ3n) is 3.42. The number of halogens is 2. The van der Waals surface area contributed by atoms with E-state index >= 15 is 0 Å². The van der Waals surface area contributed by atoms with Gasteiger partial charge in [0.15, 0.2) is 4.77 Å². The lowest BCUT2D eigenvalue weighted by atomic mass is 10.1. The SMILES string of the molecule is CC(c1ccc(F)cc1)n1c(=S)[nH]c2cc(F)ccc21. The van der Waals surface area contributed by atoms with Crippen LogP contribution in [0.3, 0.4) is 0 Å². The smallest absolute Gasteiger partial charge is 0.178 e. The first-order valence-corrected chi connectivity index (χ1v) is 6.62. The fraction of sp³-hybridized carbons (Fsp3) is 0.133. The van der Waals surface area contributed by atoms with Gasteiger partial charge >= 0.3 is 0 Å². The molecule has 0 radical (unpaired) electrons. The minimum absolute atomic E-state index is 0.0673. The van der Waals surface area contributed by atoms with Gasteiger partial charge in [0.05, 0.1) is 17.1 Å². The van der Waals surface area contributed by atoms with E-state index in [0.717, 1.165) is 11.1 Å². The van der Waals surface area contributed by atoms with Gasteiger partial charge in [0.25, 0.3) is 0 Å². The molecule has 0 aliphatic rings. The number of rotatable bonds is 2. The van der Waals surface area contributed by atoms with Crippen LogP contribution >= 0.6 is 12.2 Å². The summed E-state index contributed by atoms with van der Waals surface area (Å²) in [5.41, 5.74) is 2.42. The largest absolute Gasteiger partial charge is 0.330 e. The van der Waals surface area contributed by atoms with Gasteiger partial charge in [-0.2, -0.15) is 0 Å². The fourth-order valence-corrected chi connectivity index (χ4v) is 2.74. The van der Waals surface area contributed by atoms with Crippen molar-refractivity contribution in [2.45, 2.75) is 13.0 Å². The number of aromatic nitrogens is 2. The Morgan fingerprint density at radius 3 is 2.40 bits per heavy atom. The van der Waals surface area contributed by atoms with Crippen LogP contribution in [0.25, 0.3) is 11.0 Å². The number of benzene rings is 2. The van der Waals surface area contributed by atoms with Crippen molar-refractivity contribution in [3.8, 4) is 0 Å². The maximum atomic E-state index is 13.2. The minimum atomic E-state index is -0.310. The van der Waals surface area contributed by atoms with Gasteiger partial charge in [-0.15, -0.1) is 0 Å². The highest BCUT2D eigenvalue weighted by molar-refractivity contribution is 7.71. The summed E-state index contributed by atoms with van der Waals surface area (Å²) >= 11 is 5.31. The predicted octanol–water partition coefficient (Wildman–Crippen LogP) is 4.59. The third-order valence-corrected chi connectivity index (χ3v) is 3.72. The van der Waals surface area contributed by atoms with Crippen molar-refractivity contribution in [3.05, 3.63) is 64.4 Å². The number of hydrogen-bond acceptors (Lipinski definition) is 1. The van der Waals surface area contributed by atoms with E-state index in [1.807, 2.05) is 11.5 Å². The van der Waals surface area contributed by atoms with Crippen LogP contribution in [0.5, 0.6) is 0 Å². The molecule has 1 unspecified atom stereocenters. The zero-order chi connectivity index (χ0) is 14.3. The highest BCUT2D eigenvalue weighted by Crippen LogP contribution is 2.25. The van der Waals surface area contributed by atoms with Gasteiger partial charge < -0.3 is 9.55 Å². The Morgan fingerprint density at radius 2 is 1.70 bits per heavy atom. The molecule has 0 aliphatic heterocycles. The van der Waals surface area contributed by atoms with E-state index in [2.05, 4.69) is 4.98 Å². The lowest BCUT2D eigenvalue weighted by Gasteiger charge is -2.15. The van der Waals surface area contributed by atoms with Crippen LogP contribution in [0.1, 0.15) is 18.5 Å². The van der Waals surface area contributed by atoms with E-state index in [1.165, 1.54) is 24.3 Å². The van der Waals surface area contributed by atoms with Crippen LogP contribution in [0.4, 0.5) is 8.78 Å². The summed E-state index contributed by atoms with van der Waals surface area (Å²) in [6, 6.07) is 10.7. The molecule has 0 amide bonds. The highest BCUT2D eigenvalue weighted by atomic mass is 32.1. The third kappa shape index (κ3) is 2.14. The molecule has 1 aromatic heterocycles. The van der Waals surface area contributed by atoms with E-state index < -0.39 is 0 Å². The van der Waals surface area contributed by atoms with Gasteiger partial charge in [0, 0.05) is 0 Å². The molecule has 2 aromatic carbocycles. The van der Waals surface area contributed by atoms with Gasteiger partial charge in [-0.1, -0.05) is 12.1 Å². The average molecular weight is 290 g/mol. The van der Waals surface area contributed by atoms with Crippen LogP contribution < -0.4 is 0 Å². The van der Waals surface area contributed by atoms with E-state index in [4.69, 9.17) is 12.2 Å². The minimum Gasteiger partial charge on any atom is -0.330 e. The summed E-state index contributed by atoms with van der Waals surface area (Å²) in [5, 5.41) is 0. The number of H-pyrrole nitrogens is 1. The molecule has 1 heterocycles. The molecular formula is C15H12F2N2S. The van der Waals surface area contributed by atoms with Gasteiger partial charge in [-0.05, 0) is 55.0 Å². The first kappa shape index (κ1) is 13.0. The predicted molar refractivity (Wildman–Crippen MR) is 77.3 cm³/mol. The van der Waals surface area contributed by atoms with Crippen molar-refractivity contribution in [1.29, 1.82) is 0 Å². The lowest BCUT2D eigenvalue weighted by Crippen LogP contribution is -2.06. The monoisotopic (exact) mass is 290 g/mol. The Kier molecular flexibility index (Phi) is 3.14. The van der Waals surface area contributed by atoms with Gasteiger partial charge in [-0.25, -0.2) is 8.78 Å². The molecule has 20 heavy (non-hydrogen) atoms. The molecule has 1 atom stereocenters. The molecule has 0 saturated carbocycles. The van der Waals surface area contributed by atoms with Gasteiger partial charge in [0.2, 0.25) is 0 Å². The Labute approximate surface area is 119 Å². The van der Waals surface area contributed by atoms with Crippen molar-refractivity contribution in [2.75, 3.05) is 0 Å². The molecule has 3 rings (SSSR count). The summed E-state index contributed by atoms with van der Waals surface area (Å²) in [5.74, 6) is -0.583. The molecule has 0 aliphatic carbocycles. The normalized spacial score (nSPS) is 12.8. The van der Waals surface area contributed by atoms with Crippen molar-refractivity contribution in [3.63, 3.8) is 0 Å². The summed E-state index contributed by atoms with van der Waals surface area (Å²) < 4.78 is 28.7. The Balaban J connectivity index is 2.16. The van der Waals surface area contributed by atoms with Crippen LogP contribution in [0, 0.1) is 16.4 Å². The van der Waals surface area contributed by atoms with E-state index in [1.54, 1.807) is 18.2 Å². The van der Waals surface area contributed by atoms with Crippen molar-refractivity contribution in [1.82, 2.24) is 9.55 Å². The quantitative estimate of drug-likeness (QED) is 0.685. The fourth-order valence-electron chi connectivity index (χ4n) is 2.38. The second-order valence-electron chi connectivity index (χ2n) is 4.69. The first-order valence-electron chi connectivity index (χ1n) is 6.21. The zero-order valence-corrected chi connectivity index (χ0v) is 11.5. The number of imidazole rings is 1. The first-order chi connectivity index (χ1) is 9.56. The Hall–Kier alpha value is -2.01. The van der Waals surface area contributed by atoms with E-state index in [-0.39, 0.29) is 17.7 Å². The van der Waals surface area contributed by atoms with Crippen molar-refractivity contribution >= 4 is 23.3 Å². The molecule has 0 bridgehead atoms. The highest BCUT2D eigenvalue weighted by Gasteiger charge is 2.13. The molecule has 0 fully saturated rings. The van der Waals surface area contributed by atoms with E-state index in [0.29, 0.717) is 10.3 Å². The molecule has 1 N–H and O–H groups in total.